The Morgan fingerprint density at radius 1 is 1.59 bits per heavy atom. The SMILES string of the molecule is CCOCC(C)NC(=O)c1cc(Cl)ccc1O. The Morgan fingerprint density at radius 3 is 2.94 bits per heavy atom. The van der Waals surface area contributed by atoms with Crippen molar-refractivity contribution in [1.82, 2.24) is 5.32 Å². The van der Waals surface area contributed by atoms with Gasteiger partial charge in [-0.05, 0) is 32.0 Å². The van der Waals surface area contributed by atoms with E-state index in [2.05, 4.69) is 5.32 Å². The number of phenolic OH excluding ortho intramolecular Hbond substituents is 1. The normalized spacial score (nSPS) is 12.2. The van der Waals surface area contributed by atoms with Crippen LogP contribution in [0.25, 0.3) is 0 Å². The van der Waals surface area contributed by atoms with E-state index in [1.807, 2.05) is 13.8 Å². The molecule has 2 N–H and O–H groups in total. The Balaban J connectivity index is 2.66. The zero-order chi connectivity index (χ0) is 12.8. The van der Waals surface area contributed by atoms with Crippen molar-refractivity contribution >= 4 is 17.5 Å². The predicted molar refractivity (Wildman–Crippen MR) is 66.5 cm³/mol. The van der Waals surface area contributed by atoms with Crippen LogP contribution in [0.15, 0.2) is 18.2 Å². The second kappa shape index (κ2) is 6.47. The lowest BCUT2D eigenvalue weighted by molar-refractivity contribution is 0.0869. The average molecular weight is 258 g/mol. The number of rotatable bonds is 5. The van der Waals surface area contributed by atoms with Crippen LogP contribution >= 0.6 is 11.6 Å². The summed E-state index contributed by atoms with van der Waals surface area (Å²) in [7, 11) is 0. The number of aromatic hydroxyl groups is 1. The third kappa shape index (κ3) is 4.24. The number of carbonyl (C=O) groups excluding carboxylic acids is 1. The van der Waals surface area contributed by atoms with Gasteiger partial charge in [0.1, 0.15) is 5.75 Å². The number of ether oxygens (including phenoxy) is 1. The summed E-state index contributed by atoms with van der Waals surface area (Å²) in [5.74, 6) is -0.451. The van der Waals surface area contributed by atoms with Gasteiger partial charge in [-0.1, -0.05) is 11.6 Å². The molecule has 94 valence electrons. The molecule has 0 aliphatic rings. The molecule has 1 rings (SSSR count). The van der Waals surface area contributed by atoms with E-state index in [1.165, 1.54) is 18.2 Å². The summed E-state index contributed by atoms with van der Waals surface area (Å²) in [5, 5.41) is 12.7. The topological polar surface area (TPSA) is 58.6 Å². The minimum absolute atomic E-state index is 0.0875. The molecule has 0 fully saturated rings. The number of benzene rings is 1. The van der Waals surface area contributed by atoms with Crippen LogP contribution in [0, 0.1) is 0 Å². The number of hydrogen-bond donors (Lipinski definition) is 2. The third-order valence-electron chi connectivity index (χ3n) is 2.15. The van der Waals surface area contributed by atoms with Crippen molar-refractivity contribution in [3.8, 4) is 5.75 Å². The second-order valence-corrected chi connectivity index (χ2v) is 4.13. The highest BCUT2D eigenvalue weighted by Crippen LogP contribution is 2.21. The van der Waals surface area contributed by atoms with Crippen LogP contribution in [-0.4, -0.2) is 30.3 Å². The number of amides is 1. The first-order valence-electron chi connectivity index (χ1n) is 5.41. The van der Waals surface area contributed by atoms with Crippen molar-refractivity contribution in [2.45, 2.75) is 19.9 Å². The van der Waals surface area contributed by atoms with Crippen LogP contribution in [0.4, 0.5) is 0 Å². The van der Waals surface area contributed by atoms with E-state index >= 15 is 0 Å². The minimum Gasteiger partial charge on any atom is -0.507 e. The molecule has 1 aromatic rings. The van der Waals surface area contributed by atoms with Crippen molar-refractivity contribution in [3.05, 3.63) is 28.8 Å². The highest BCUT2D eigenvalue weighted by atomic mass is 35.5. The molecule has 1 amide bonds. The fraction of sp³-hybridized carbons (Fsp3) is 0.417. The van der Waals surface area contributed by atoms with Crippen LogP contribution in [0.1, 0.15) is 24.2 Å². The second-order valence-electron chi connectivity index (χ2n) is 3.70. The van der Waals surface area contributed by atoms with Gasteiger partial charge >= 0.3 is 0 Å². The quantitative estimate of drug-likeness (QED) is 0.850. The largest absolute Gasteiger partial charge is 0.507 e. The van der Waals surface area contributed by atoms with Crippen LogP contribution in [-0.2, 0) is 4.74 Å². The molecule has 5 heteroatoms. The predicted octanol–water partition coefficient (Wildman–Crippen LogP) is 2.20. The molecule has 17 heavy (non-hydrogen) atoms. The van der Waals surface area contributed by atoms with Crippen molar-refractivity contribution in [3.63, 3.8) is 0 Å². The molecule has 0 bridgehead atoms. The molecule has 1 aromatic carbocycles. The first-order chi connectivity index (χ1) is 8.04. The fourth-order valence-corrected chi connectivity index (χ4v) is 1.50. The zero-order valence-corrected chi connectivity index (χ0v) is 10.6. The zero-order valence-electron chi connectivity index (χ0n) is 9.87. The van der Waals surface area contributed by atoms with Gasteiger partial charge in [0, 0.05) is 17.7 Å². The smallest absolute Gasteiger partial charge is 0.255 e. The monoisotopic (exact) mass is 257 g/mol. The molecule has 1 unspecified atom stereocenters. The highest BCUT2D eigenvalue weighted by Gasteiger charge is 2.14. The summed E-state index contributed by atoms with van der Waals surface area (Å²) in [6.07, 6.45) is 0. The van der Waals surface area contributed by atoms with Gasteiger partial charge in [0.15, 0.2) is 0 Å². The lowest BCUT2D eigenvalue weighted by Gasteiger charge is -2.14. The molecule has 0 heterocycles. The highest BCUT2D eigenvalue weighted by molar-refractivity contribution is 6.31. The average Bonchev–Trinajstić information content (AvgIpc) is 2.29. The van der Waals surface area contributed by atoms with Gasteiger partial charge in [0.25, 0.3) is 5.91 Å². The molecule has 0 aliphatic carbocycles. The van der Waals surface area contributed by atoms with Crippen molar-refractivity contribution in [2.24, 2.45) is 0 Å². The molecular formula is C12H16ClNO3. The van der Waals surface area contributed by atoms with Gasteiger partial charge < -0.3 is 15.2 Å². The van der Waals surface area contributed by atoms with Gasteiger partial charge in [-0.3, -0.25) is 4.79 Å². The summed E-state index contributed by atoms with van der Waals surface area (Å²) in [5.41, 5.74) is 0.167. The number of nitrogens with one attached hydrogen (secondary N) is 1. The van der Waals surface area contributed by atoms with E-state index in [9.17, 15) is 9.90 Å². The minimum atomic E-state index is -0.364. The van der Waals surface area contributed by atoms with Gasteiger partial charge in [-0.25, -0.2) is 0 Å². The number of carbonyl (C=O) groups is 1. The molecule has 1 atom stereocenters. The Morgan fingerprint density at radius 2 is 2.29 bits per heavy atom. The van der Waals surface area contributed by atoms with Crippen LogP contribution in [0.5, 0.6) is 5.75 Å². The van der Waals surface area contributed by atoms with E-state index < -0.39 is 0 Å². The van der Waals surface area contributed by atoms with Crippen LogP contribution < -0.4 is 5.32 Å². The standard InChI is InChI=1S/C12H16ClNO3/c1-3-17-7-8(2)14-12(16)10-6-9(13)4-5-11(10)15/h4-6,8,15H,3,7H2,1-2H3,(H,14,16). The van der Waals surface area contributed by atoms with Gasteiger partial charge in [-0.15, -0.1) is 0 Å². The first kappa shape index (κ1) is 13.8. The molecule has 4 nitrogen and oxygen atoms in total. The molecular weight excluding hydrogens is 242 g/mol. The van der Waals surface area contributed by atoms with Gasteiger partial charge in [-0.2, -0.15) is 0 Å². The van der Waals surface area contributed by atoms with Crippen molar-refractivity contribution < 1.29 is 14.6 Å². The maximum Gasteiger partial charge on any atom is 0.255 e. The maximum atomic E-state index is 11.8. The summed E-state index contributed by atoms with van der Waals surface area (Å²) < 4.78 is 5.18. The van der Waals surface area contributed by atoms with Crippen molar-refractivity contribution in [1.29, 1.82) is 0 Å². The lowest BCUT2D eigenvalue weighted by atomic mass is 10.2. The molecule has 0 spiro atoms. The van der Waals surface area contributed by atoms with E-state index in [4.69, 9.17) is 16.3 Å². The van der Waals surface area contributed by atoms with Gasteiger partial charge in [0.2, 0.25) is 0 Å². The molecule has 0 aliphatic heterocycles. The van der Waals surface area contributed by atoms with E-state index in [0.717, 1.165) is 0 Å². The van der Waals surface area contributed by atoms with Crippen LogP contribution in [0.2, 0.25) is 5.02 Å². The summed E-state index contributed by atoms with van der Waals surface area (Å²) in [4.78, 5) is 11.8. The summed E-state index contributed by atoms with van der Waals surface area (Å²) in [6.45, 7) is 4.75. The Bertz CT molecular complexity index is 395. The molecule has 0 saturated carbocycles. The van der Waals surface area contributed by atoms with E-state index in [1.54, 1.807) is 0 Å². The van der Waals surface area contributed by atoms with Crippen molar-refractivity contribution in [2.75, 3.05) is 13.2 Å². The Kier molecular flexibility index (Phi) is 5.25. The number of phenols is 1. The van der Waals surface area contributed by atoms with Crippen LogP contribution in [0.3, 0.4) is 0 Å². The van der Waals surface area contributed by atoms with E-state index in [-0.39, 0.29) is 23.3 Å². The molecule has 0 saturated heterocycles. The first-order valence-corrected chi connectivity index (χ1v) is 5.79. The molecule has 0 radical (unpaired) electrons. The third-order valence-corrected chi connectivity index (χ3v) is 2.39. The summed E-state index contributed by atoms with van der Waals surface area (Å²) in [6, 6.07) is 4.22. The van der Waals surface area contributed by atoms with Gasteiger partial charge in [0.05, 0.1) is 12.2 Å². The number of hydrogen-bond acceptors (Lipinski definition) is 3. The maximum absolute atomic E-state index is 11.8. The fourth-order valence-electron chi connectivity index (χ4n) is 1.33. The number of halogens is 1. The van der Waals surface area contributed by atoms with E-state index in [0.29, 0.717) is 18.2 Å². The Labute approximate surface area is 106 Å². The molecule has 0 aromatic heterocycles. The lowest BCUT2D eigenvalue weighted by Crippen LogP contribution is -2.35. The summed E-state index contributed by atoms with van der Waals surface area (Å²) >= 11 is 5.77. The Hall–Kier alpha value is -1.26.